The number of aryl methyl sites for hydroxylation is 2. The van der Waals surface area contributed by atoms with Crippen molar-refractivity contribution in [3.8, 4) is 11.3 Å². The highest BCUT2D eigenvalue weighted by Gasteiger charge is 2.16. The van der Waals surface area contributed by atoms with Crippen molar-refractivity contribution >= 4 is 45.8 Å². The molecule has 2 aromatic carbocycles. The van der Waals surface area contributed by atoms with Crippen LogP contribution in [0.4, 0.5) is 5.82 Å². The number of halogens is 2. The van der Waals surface area contributed by atoms with Crippen molar-refractivity contribution in [2.45, 2.75) is 6.92 Å². The Kier molecular flexibility index (Phi) is 4.79. The van der Waals surface area contributed by atoms with E-state index in [4.69, 9.17) is 23.2 Å². The smallest absolute Gasteiger partial charge is 0.258 e. The third kappa shape index (κ3) is 3.46. The molecule has 7 heteroatoms. The Balaban J connectivity index is 1.66. The number of nitrogens with zero attached hydrogens (tertiary/aromatic N) is 3. The number of pyridine rings is 1. The van der Waals surface area contributed by atoms with Gasteiger partial charge in [0.15, 0.2) is 0 Å². The van der Waals surface area contributed by atoms with Crippen molar-refractivity contribution in [1.82, 2.24) is 14.8 Å². The summed E-state index contributed by atoms with van der Waals surface area (Å²) in [6, 6.07) is 14.6. The second kappa shape index (κ2) is 7.26. The van der Waals surface area contributed by atoms with Crippen LogP contribution in [0.1, 0.15) is 15.9 Å². The molecule has 2 heterocycles. The molecule has 1 amide bonds. The maximum absolute atomic E-state index is 12.8. The van der Waals surface area contributed by atoms with E-state index in [0.29, 0.717) is 26.9 Å². The van der Waals surface area contributed by atoms with Gasteiger partial charge in [-0.2, -0.15) is 5.10 Å². The normalized spacial score (nSPS) is 11.0. The Morgan fingerprint density at radius 2 is 1.93 bits per heavy atom. The molecule has 0 radical (unpaired) electrons. The summed E-state index contributed by atoms with van der Waals surface area (Å²) < 4.78 is 1.61. The average molecular weight is 411 g/mol. The Labute approximate surface area is 171 Å². The van der Waals surface area contributed by atoms with Gasteiger partial charge in [-0.1, -0.05) is 35.3 Å². The van der Waals surface area contributed by atoms with Gasteiger partial charge in [-0.15, -0.1) is 0 Å². The molecular formula is C21H16Cl2N4O. The number of carbonyl (C=O) groups is 1. The molecule has 28 heavy (non-hydrogen) atoms. The van der Waals surface area contributed by atoms with Gasteiger partial charge in [0.1, 0.15) is 5.82 Å². The molecule has 5 nitrogen and oxygen atoms in total. The molecule has 0 bridgehead atoms. The third-order valence-corrected chi connectivity index (χ3v) is 5.08. The van der Waals surface area contributed by atoms with E-state index in [9.17, 15) is 4.79 Å². The zero-order chi connectivity index (χ0) is 19.8. The Morgan fingerprint density at radius 1 is 1.11 bits per heavy atom. The van der Waals surface area contributed by atoms with Crippen LogP contribution in [0.3, 0.4) is 0 Å². The zero-order valence-electron chi connectivity index (χ0n) is 15.2. The molecule has 1 N–H and O–H groups in total. The number of nitrogens with one attached hydrogen (secondary N) is 1. The van der Waals surface area contributed by atoms with Crippen LogP contribution in [0.2, 0.25) is 10.0 Å². The van der Waals surface area contributed by atoms with Gasteiger partial charge in [-0.25, -0.2) is 0 Å². The van der Waals surface area contributed by atoms with E-state index in [-0.39, 0.29) is 5.91 Å². The first kappa shape index (κ1) is 18.5. The molecule has 0 fully saturated rings. The van der Waals surface area contributed by atoms with Crippen molar-refractivity contribution in [2.75, 3.05) is 5.32 Å². The van der Waals surface area contributed by atoms with Crippen LogP contribution < -0.4 is 5.32 Å². The van der Waals surface area contributed by atoms with Gasteiger partial charge in [-0.05, 0) is 42.8 Å². The zero-order valence-corrected chi connectivity index (χ0v) is 16.7. The van der Waals surface area contributed by atoms with E-state index in [1.54, 1.807) is 30.1 Å². The summed E-state index contributed by atoms with van der Waals surface area (Å²) in [7, 11) is 1.77. The molecule has 2 aromatic heterocycles. The predicted molar refractivity (Wildman–Crippen MR) is 113 cm³/mol. The van der Waals surface area contributed by atoms with E-state index in [1.807, 2.05) is 43.3 Å². The van der Waals surface area contributed by atoms with Gasteiger partial charge in [0.05, 0.1) is 21.8 Å². The quantitative estimate of drug-likeness (QED) is 0.484. The lowest BCUT2D eigenvalue weighted by molar-refractivity contribution is 0.102. The summed E-state index contributed by atoms with van der Waals surface area (Å²) in [5.41, 5.74) is 3.75. The Hall–Kier alpha value is -2.89. The minimum absolute atomic E-state index is 0.324. The summed E-state index contributed by atoms with van der Waals surface area (Å²) in [5.74, 6) is 0.228. The Bertz CT molecular complexity index is 1220. The van der Waals surface area contributed by atoms with Crippen LogP contribution in [0.15, 0.2) is 54.7 Å². The second-order valence-electron chi connectivity index (χ2n) is 6.48. The molecular weight excluding hydrogens is 395 g/mol. The molecule has 140 valence electrons. The topological polar surface area (TPSA) is 59.8 Å². The molecule has 0 aliphatic rings. The molecule has 0 aliphatic heterocycles. The number of hydrogen-bond acceptors (Lipinski definition) is 3. The fourth-order valence-electron chi connectivity index (χ4n) is 3.04. The molecule has 0 aliphatic carbocycles. The molecule has 4 rings (SSSR count). The number of hydrogen-bond donors (Lipinski definition) is 1. The highest BCUT2D eigenvalue weighted by molar-refractivity contribution is 6.35. The van der Waals surface area contributed by atoms with Crippen LogP contribution in [-0.2, 0) is 7.05 Å². The largest absolute Gasteiger partial charge is 0.307 e. The lowest BCUT2D eigenvalue weighted by atomic mass is 10.1. The molecule has 0 spiro atoms. The van der Waals surface area contributed by atoms with Crippen molar-refractivity contribution in [1.29, 1.82) is 0 Å². The lowest BCUT2D eigenvalue weighted by Crippen LogP contribution is -2.15. The van der Waals surface area contributed by atoms with Crippen molar-refractivity contribution in [3.05, 3.63) is 75.9 Å². The van der Waals surface area contributed by atoms with Crippen LogP contribution >= 0.6 is 23.2 Å². The third-order valence-electron chi connectivity index (χ3n) is 4.53. The monoisotopic (exact) mass is 410 g/mol. The number of carbonyl (C=O) groups excluding carboxylic acids is 1. The maximum atomic E-state index is 12.8. The van der Waals surface area contributed by atoms with Gasteiger partial charge >= 0.3 is 0 Å². The molecule has 4 aromatic rings. The standard InChI is InChI=1S/C21H16Cl2N4O/c1-12-5-6-14(22)9-15(12)19-11-20(27(2)26-19)25-21(28)16-10-18-13(8-17(16)23)4-3-7-24-18/h3-11H,1-2H3,(H,25,28). The first-order chi connectivity index (χ1) is 13.4. The fraction of sp³-hybridized carbons (Fsp3) is 0.0952. The van der Waals surface area contributed by atoms with E-state index < -0.39 is 0 Å². The Morgan fingerprint density at radius 3 is 2.75 bits per heavy atom. The average Bonchev–Trinajstić information content (AvgIpc) is 3.03. The van der Waals surface area contributed by atoms with Crippen LogP contribution in [0.25, 0.3) is 22.2 Å². The second-order valence-corrected chi connectivity index (χ2v) is 7.32. The highest BCUT2D eigenvalue weighted by atomic mass is 35.5. The van der Waals surface area contributed by atoms with Crippen LogP contribution in [-0.4, -0.2) is 20.7 Å². The van der Waals surface area contributed by atoms with Crippen LogP contribution in [0.5, 0.6) is 0 Å². The lowest BCUT2D eigenvalue weighted by Gasteiger charge is -2.08. The number of amides is 1. The molecule has 0 saturated heterocycles. The van der Waals surface area contributed by atoms with Crippen molar-refractivity contribution in [3.63, 3.8) is 0 Å². The van der Waals surface area contributed by atoms with Crippen molar-refractivity contribution in [2.24, 2.45) is 7.05 Å². The SMILES string of the molecule is Cc1ccc(Cl)cc1-c1cc(NC(=O)c2cc3ncccc3cc2Cl)n(C)n1. The van der Waals surface area contributed by atoms with E-state index in [2.05, 4.69) is 15.4 Å². The maximum Gasteiger partial charge on any atom is 0.258 e. The van der Waals surface area contributed by atoms with Gasteiger partial charge in [0.25, 0.3) is 5.91 Å². The molecule has 0 atom stereocenters. The molecule has 0 unspecified atom stereocenters. The first-order valence-electron chi connectivity index (χ1n) is 8.58. The summed E-state index contributed by atoms with van der Waals surface area (Å²) in [6.07, 6.45) is 1.68. The molecule has 0 saturated carbocycles. The van der Waals surface area contributed by atoms with Crippen molar-refractivity contribution < 1.29 is 4.79 Å². The fourth-order valence-corrected chi connectivity index (χ4v) is 3.47. The number of fused-ring (bicyclic) bond motifs is 1. The summed E-state index contributed by atoms with van der Waals surface area (Å²) >= 11 is 12.4. The minimum atomic E-state index is -0.324. The number of benzene rings is 2. The van der Waals surface area contributed by atoms with Gasteiger partial charge < -0.3 is 5.32 Å². The summed E-state index contributed by atoms with van der Waals surface area (Å²) in [6.45, 7) is 1.99. The summed E-state index contributed by atoms with van der Waals surface area (Å²) in [4.78, 5) is 17.1. The number of aromatic nitrogens is 3. The number of rotatable bonds is 3. The first-order valence-corrected chi connectivity index (χ1v) is 9.34. The van der Waals surface area contributed by atoms with Gasteiger partial charge in [0.2, 0.25) is 0 Å². The highest BCUT2D eigenvalue weighted by Crippen LogP contribution is 2.28. The minimum Gasteiger partial charge on any atom is -0.307 e. The van der Waals surface area contributed by atoms with Gasteiger partial charge in [-0.3, -0.25) is 14.5 Å². The number of anilines is 1. The van der Waals surface area contributed by atoms with Crippen LogP contribution in [0, 0.1) is 6.92 Å². The van der Waals surface area contributed by atoms with Gasteiger partial charge in [0, 0.05) is 35.3 Å². The van der Waals surface area contributed by atoms with E-state index >= 15 is 0 Å². The summed E-state index contributed by atoms with van der Waals surface area (Å²) in [5, 5.41) is 9.25. The van der Waals surface area contributed by atoms with E-state index in [1.165, 1.54) is 0 Å². The predicted octanol–water partition coefficient (Wildman–Crippen LogP) is 5.50. The van der Waals surface area contributed by atoms with E-state index in [0.717, 1.165) is 22.2 Å².